The molecule has 2 heterocycles. The van der Waals surface area contributed by atoms with Gasteiger partial charge in [0.2, 0.25) is 10.1 Å². The van der Waals surface area contributed by atoms with Gasteiger partial charge >= 0.3 is 6.18 Å². The van der Waals surface area contributed by atoms with E-state index >= 15 is 0 Å². The van der Waals surface area contributed by atoms with Crippen molar-refractivity contribution >= 4 is 16.5 Å². The van der Waals surface area contributed by atoms with E-state index in [2.05, 4.69) is 20.8 Å². The van der Waals surface area contributed by atoms with E-state index in [-0.39, 0.29) is 5.13 Å². The Bertz CT molecular complexity index is 359. The molecule has 2 N–H and O–H groups in total. The van der Waals surface area contributed by atoms with E-state index < -0.39 is 11.2 Å². The number of rotatable bonds is 3. The van der Waals surface area contributed by atoms with Crippen LogP contribution in [0, 0.1) is 0 Å². The lowest BCUT2D eigenvalue weighted by molar-refractivity contribution is -0.138. The SMILES string of the molecule is FC(F)(F)c1nnc(NCC2CCCCN2)s1. The first-order valence-electron chi connectivity index (χ1n) is 5.43. The zero-order valence-corrected chi connectivity index (χ0v) is 9.87. The van der Waals surface area contributed by atoms with E-state index in [9.17, 15) is 13.2 Å². The number of anilines is 1. The van der Waals surface area contributed by atoms with Crippen molar-refractivity contribution in [1.29, 1.82) is 0 Å². The van der Waals surface area contributed by atoms with Gasteiger partial charge in [-0.1, -0.05) is 17.8 Å². The van der Waals surface area contributed by atoms with Crippen LogP contribution in [-0.4, -0.2) is 29.3 Å². The fourth-order valence-electron chi connectivity index (χ4n) is 1.72. The molecular formula is C9H13F3N4S. The van der Waals surface area contributed by atoms with Gasteiger partial charge in [-0.3, -0.25) is 0 Å². The molecule has 8 heteroatoms. The van der Waals surface area contributed by atoms with Crippen LogP contribution in [-0.2, 0) is 6.18 Å². The number of alkyl halides is 3. The number of aromatic nitrogens is 2. The standard InChI is InChI=1S/C9H13F3N4S/c10-9(11,12)7-15-16-8(17-7)14-5-6-3-1-2-4-13-6/h6,13H,1-5H2,(H,14,16). The number of hydrogen-bond acceptors (Lipinski definition) is 5. The third-order valence-corrected chi connectivity index (χ3v) is 3.51. The van der Waals surface area contributed by atoms with Gasteiger partial charge in [0.1, 0.15) is 0 Å². The highest BCUT2D eigenvalue weighted by molar-refractivity contribution is 7.15. The number of hydrogen-bond donors (Lipinski definition) is 2. The number of nitrogens with zero attached hydrogens (tertiary/aromatic N) is 2. The molecule has 0 bridgehead atoms. The predicted octanol–water partition coefficient (Wildman–Crippen LogP) is 2.11. The molecule has 0 aromatic carbocycles. The van der Waals surface area contributed by atoms with Gasteiger partial charge in [0.05, 0.1) is 0 Å². The van der Waals surface area contributed by atoms with Crippen LogP contribution in [0.2, 0.25) is 0 Å². The largest absolute Gasteiger partial charge is 0.445 e. The first-order valence-corrected chi connectivity index (χ1v) is 6.25. The molecule has 1 aromatic rings. The van der Waals surface area contributed by atoms with Crippen molar-refractivity contribution in [3.8, 4) is 0 Å². The molecule has 0 amide bonds. The van der Waals surface area contributed by atoms with Gasteiger partial charge in [-0.25, -0.2) is 0 Å². The van der Waals surface area contributed by atoms with E-state index in [1.165, 1.54) is 0 Å². The monoisotopic (exact) mass is 266 g/mol. The first-order chi connectivity index (χ1) is 8.05. The smallest absolute Gasteiger partial charge is 0.359 e. The van der Waals surface area contributed by atoms with Crippen LogP contribution in [0.15, 0.2) is 0 Å². The second-order valence-electron chi connectivity index (χ2n) is 3.94. The Kier molecular flexibility index (Phi) is 3.82. The molecule has 17 heavy (non-hydrogen) atoms. The van der Waals surface area contributed by atoms with Crippen LogP contribution >= 0.6 is 11.3 Å². The summed E-state index contributed by atoms with van der Waals surface area (Å²) in [6, 6.07) is 0.307. The second kappa shape index (κ2) is 5.18. The van der Waals surface area contributed by atoms with Crippen molar-refractivity contribution in [1.82, 2.24) is 15.5 Å². The highest BCUT2D eigenvalue weighted by Crippen LogP contribution is 2.32. The number of halogens is 3. The van der Waals surface area contributed by atoms with Crippen molar-refractivity contribution in [2.24, 2.45) is 0 Å². The van der Waals surface area contributed by atoms with E-state index in [0.717, 1.165) is 25.8 Å². The Hall–Kier alpha value is -0.890. The van der Waals surface area contributed by atoms with Crippen molar-refractivity contribution in [2.75, 3.05) is 18.4 Å². The van der Waals surface area contributed by atoms with Gasteiger partial charge in [0.25, 0.3) is 0 Å². The van der Waals surface area contributed by atoms with Gasteiger partial charge in [-0.05, 0) is 19.4 Å². The molecule has 1 aromatic heterocycles. The van der Waals surface area contributed by atoms with Crippen molar-refractivity contribution in [3.05, 3.63) is 5.01 Å². The minimum absolute atomic E-state index is 0.227. The topological polar surface area (TPSA) is 49.8 Å². The lowest BCUT2D eigenvalue weighted by Crippen LogP contribution is -2.39. The Morgan fingerprint density at radius 1 is 1.35 bits per heavy atom. The van der Waals surface area contributed by atoms with Crippen molar-refractivity contribution < 1.29 is 13.2 Å². The molecule has 1 aliphatic rings. The fraction of sp³-hybridized carbons (Fsp3) is 0.778. The summed E-state index contributed by atoms with van der Waals surface area (Å²) in [6.07, 6.45) is -1.05. The fourth-order valence-corrected chi connectivity index (χ4v) is 2.34. The Morgan fingerprint density at radius 3 is 2.76 bits per heavy atom. The maximum Gasteiger partial charge on any atom is 0.445 e. The molecule has 0 spiro atoms. The van der Waals surface area contributed by atoms with E-state index in [0.29, 0.717) is 23.9 Å². The minimum Gasteiger partial charge on any atom is -0.359 e. The summed E-state index contributed by atoms with van der Waals surface area (Å²) < 4.78 is 36.8. The maximum atomic E-state index is 12.3. The molecule has 4 nitrogen and oxygen atoms in total. The minimum atomic E-state index is -4.40. The summed E-state index contributed by atoms with van der Waals surface area (Å²) in [5.41, 5.74) is 0. The molecule has 1 saturated heterocycles. The van der Waals surface area contributed by atoms with Crippen LogP contribution in [0.3, 0.4) is 0 Å². The third kappa shape index (κ3) is 3.53. The van der Waals surface area contributed by atoms with Crippen molar-refractivity contribution in [2.45, 2.75) is 31.5 Å². The average molecular weight is 266 g/mol. The first kappa shape index (κ1) is 12.6. The van der Waals surface area contributed by atoms with E-state index in [1.807, 2.05) is 0 Å². The third-order valence-electron chi connectivity index (χ3n) is 2.58. The maximum absolute atomic E-state index is 12.3. The molecule has 1 fully saturated rings. The summed E-state index contributed by atoms with van der Waals surface area (Å²) in [5.74, 6) is 0. The summed E-state index contributed by atoms with van der Waals surface area (Å²) >= 11 is 0.542. The quantitative estimate of drug-likeness (QED) is 0.879. The second-order valence-corrected chi connectivity index (χ2v) is 4.92. The zero-order chi connectivity index (χ0) is 12.3. The van der Waals surface area contributed by atoms with Crippen molar-refractivity contribution in [3.63, 3.8) is 0 Å². The molecule has 2 rings (SSSR count). The predicted molar refractivity (Wildman–Crippen MR) is 59.0 cm³/mol. The van der Waals surface area contributed by atoms with Gasteiger partial charge in [-0.2, -0.15) is 13.2 Å². The molecule has 0 aliphatic carbocycles. The zero-order valence-electron chi connectivity index (χ0n) is 9.05. The summed E-state index contributed by atoms with van der Waals surface area (Å²) in [7, 11) is 0. The number of piperidine rings is 1. The highest BCUT2D eigenvalue weighted by atomic mass is 32.1. The molecule has 1 aliphatic heterocycles. The Morgan fingerprint density at radius 2 is 2.18 bits per heavy atom. The molecular weight excluding hydrogens is 253 g/mol. The van der Waals surface area contributed by atoms with Crippen LogP contribution in [0.1, 0.15) is 24.3 Å². The van der Waals surface area contributed by atoms with Gasteiger partial charge in [0, 0.05) is 12.6 Å². The van der Waals surface area contributed by atoms with Crippen LogP contribution < -0.4 is 10.6 Å². The van der Waals surface area contributed by atoms with E-state index in [1.54, 1.807) is 0 Å². The molecule has 1 unspecified atom stereocenters. The highest BCUT2D eigenvalue weighted by Gasteiger charge is 2.35. The van der Waals surface area contributed by atoms with Crippen LogP contribution in [0.25, 0.3) is 0 Å². The Labute approximate surface area is 101 Å². The summed E-state index contributed by atoms with van der Waals surface area (Å²) in [5, 5.41) is 12.1. The average Bonchev–Trinajstić information content (AvgIpc) is 2.76. The summed E-state index contributed by atoms with van der Waals surface area (Å²) in [6.45, 7) is 1.56. The lowest BCUT2D eigenvalue weighted by Gasteiger charge is -2.23. The number of nitrogens with one attached hydrogen (secondary N) is 2. The van der Waals surface area contributed by atoms with Gasteiger partial charge in [0.15, 0.2) is 0 Å². The lowest BCUT2D eigenvalue weighted by atomic mass is 10.1. The van der Waals surface area contributed by atoms with Gasteiger partial charge in [-0.15, -0.1) is 10.2 Å². The normalized spacial score (nSPS) is 21.5. The van der Waals surface area contributed by atoms with E-state index in [4.69, 9.17) is 0 Å². The Balaban J connectivity index is 1.84. The van der Waals surface area contributed by atoms with Crippen LogP contribution in [0.5, 0.6) is 0 Å². The molecule has 96 valence electrons. The molecule has 1 atom stereocenters. The molecule has 0 radical (unpaired) electrons. The summed E-state index contributed by atoms with van der Waals surface area (Å²) in [4.78, 5) is 0. The van der Waals surface area contributed by atoms with Gasteiger partial charge < -0.3 is 10.6 Å². The van der Waals surface area contributed by atoms with Crippen LogP contribution in [0.4, 0.5) is 18.3 Å². The molecule has 0 saturated carbocycles.